The molecule has 8 heteroatoms. The van der Waals surface area contributed by atoms with E-state index in [4.69, 9.17) is 4.74 Å². The van der Waals surface area contributed by atoms with Crippen LogP contribution < -0.4 is 0 Å². The van der Waals surface area contributed by atoms with E-state index in [0.29, 0.717) is 19.5 Å². The standard InChI is InChI=1S/C19H33F3N2O3/c1-13-12-23(17(26)27-18(2,3)4)11-9-15(13)24-10-5-6-14(24)7-8-16(25)19(20,21)22/h13-16,25H,5-12H2,1-4H3/t13?,14-,15?,16?/m0/s1. The molecule has 0 bridgehead atoms. The molecule has 3 unspecified atom stereocenters. The van der Waals surface area contributed by atoms with E-state index in [1.54, 1.807) is 4.90 Å². The van der Waals surface area contributed by atoms with Gasteiger partial charge in [0.1, 0.15) is 11.7 Å². The summed E-state index contributed by atoms with van der Waals surface area (Å²) in [5, 5.41) is 9.28. The highest BCUT2D eigenvalue weighted by Crippen LogP contribution is 2.33. The summed E-state index contributed by atoms with van der Waals surface area (Å²) in [6.07, 6.45) is -4.38. The van der Waals surface area contributed by atoms with Crippen LogP contribution in [-0.4, -0.2) is 70.6 Å². The van der Waals surface area contributed by atoms with Crippen molar-refractivity contribution < 1.29 is 27.8 Å². The third kappa shape index (κ3) is 6.24. The molecule has 0 aromatic carbocycles. The highest BCUT2D eigenvalue weighted by Gasteiger charge is 2.41. The number of carbonyl (C=O) groups excluding carboxylic acids is 1. The van der Waals surface area contributed by atoms with Crippen LogP contribution in [0, 0.1) is 5.92 Å². The number of piperidine rings is 1. The maximum atomic E-state index is 12.6. The van der Waals surface area contributed by atoms with E-state index in [9.17, 15) is 23.1 Å². The number of hydrogen-bond acceptors (Lipinski definition) is 4. The van der Waals surface area contributed by atoms with Crippen LogP contribution in [0.25, 0.3) is 0 Å². The van der Waals surface area contributed by atoms with E-state index < -0.39 is 17.9 Å². The van der Waals surface area contributed by atoms with E-state index in [1.807, 2.05) is 20.8 Å². The summed E-state index contributed by atoms with van der Waals surface area (Å²) in [4.78, 5) is 16.3. The first kappa shape index (κ1) is 22.3. The number of likely N-dealkylation sites (tertiary alicyclic amines) is 2. The number of ether oxygens (including phenoxy) is 1. The lowest BCUT2D eigenvalue weighted by Crippen LogP contribution is -2.53. The topological polar surface area (TPSA) is 53.0 Å². The summed E-state index contributed by atoms with van der Waals surface area (Å²) in [5.74, 6) is 0.222. The van der Waals surface area contributed by atoms with Crippen LogP contribution in [0.3, 0.4) is 0 Å². The summed E-state index contributed by atoms with van der Waals surface area (Å²) in [7, 11) is 0. The van der Waals surface area contributed by atoms with Crippen molar-refractivity contribution in [3.8, 4) is 0 Å². The number of alkyl halides is 3. The van der Waals surface area contributed by atoms with Crippen molar-refractivity contribution in [3.05, 3.63) is 0 Å². The molecule has 0 aliphatic carbocycles. The second-order valence-electron chi connectivity index (χ2n) is 8.93. The summed E-state index contributed by atoms with van der Waals surface area (Å²) in [5.41, 5.74) is -0.531. The Balaban J connectivity index is 1.89. The van der Waals surface area contributed by atoms with Gasteiger partial charge in [0.05, 0.1) is 0 Å². The molecule has 5 nitrogen and oxygen atoms in total. The first-order valence-corrected chi connectivity index (χ1v) is 9.87. The molecule has 0 aromatic rings. The first-order chi connectivity index (χ1) is 12.4. The fourth-order valence-corrected chi connectivity index (χ4v) is 4.24. The summed E-state index contributed by atoms with van der Waals surface area (Å²) in [6.45, 7) is 9.66. The second kappa shape index (κ2) is 8.55. The number of halogens is 3. The minimum atomic E-state index is -4.55. The minimum absolute atomic E-state index is 0.0718. The number of rotatable bonds is 4. The zero-order valence-electron chi connectivity index (χ0n) is 16.8. The van der Waals surface area contributed by atoms with Gasteiger partial charge in [0.2, 0.25) is 0 Å². The largest absolute Gasteiger partial charge is 0.444 e. The van der Waals surface area contributed by atoms with Crippen molar-refractivity contribution >= 4 is 6.09 Å². The maximum absolute atomic E-state index is 12.6. The summed E-state index contributed by atoms with van der Waals surface area (Å²) < 4.78 is 43.1. The van der Waals surface area contributed by atoms with Gasteiger partial charge in [0.25, 0.3) is 0 Å². The quantitative estimate of drug-likeness (QED) is 0.788. The number of hydrogen-bond donors (Lipinski definition) is 1. The number of aliphatic hydroxyl groups is 1. The first-order valence-electron chi connectivity index (χ1n) is 9.87. The Labute approximate surface area is 159 Å². The predicted molar refractivity (Wildman–Crippen MR) is 96.4 cm³/mol. The van der Waals surface area contributed by atoms with Gasteiger partial charge < -0.3 is 14.7 Å². The van der Waals surface area contributed by atoms with Gasteiger partial charge in [-0.1, -0.05) is 6.92 Å². The third-order valence-corrected chi connectivity index (χ3v) is 5.51. The average molecular weight is 394 g/mol. The Morgan fingerprint density at radius 2 is 1.89 bits per heavy atom. The van der Waals surface area contributed by atoms with E-state index in [1.165, 1.54) is 0 Å². The monoisotopic (exact) mass is 394 g/mol. The molecule has 27 heavy (non-hydrogen) atoms. The van der Waals surface area contributed by atoms with Gasteiger partial charge in [-0.05, 0) is 65.3 Å². The molecule has 4 atom stereocenters. The molecule has 0 aromatic heterocycles. The van der Waals surface area contributed by atoms with Crippen LogP contribution in [0.5, 0.6) is 0 Å². The third-order valence-electron chi connectivity index (χ3n) is 5.51. The number of aliphatic hydroxyl groups excluding tert-OH is 1. The molecule has 0 radical (unpaired) electrons. The number of carbonyl (C=O) groups is 1. The lowest BCUT2D eigenvalue weighted by molar-refractivity contribution is -0.206. The van der Waals surface area contributed by atoms with Crippen LogP contribution in [0.1, 0.15) is 59.8 Å². The van der Waals surface area contributed by atoms with Gasteiger partial charge >= 0.3 is 12.3 Å². The van der Waals surface area contributed by atoms with E-state index >= 15 is 0 Å². The predicted octanol–water partition coefficient (Wildman–Crippen LogP) is 3.80. The van der Waals surface area contributed by atoms with E-state index in [2.05, 4.69) is 11.8 Å². The Hall–Kier alpha value is -1.02. The van der Waals surface area contributed by atoms with Gasteiger partial charge in [-0.2, -0.15) is 13.2 Å². The van der Waals surface area contributed by atoms with Crippen molar-refractivity contribution in [1.82, 2.24) is 9.80 Å². The SMILES string of the molecule is CC1CN(C(=O)OC(C)(C)C)CCC1N1CCC[C@H]1CCC(O)C(F)(F)F. The Morgan fingerprint density at radius 3 is 2.44 bits per heavy atom. The number of amides is 1. The molecule has 2 aliphatic heterocycles. The van der Waals surface area contributed by atoms with Gasteiger partial charge in [-0.3, -0.25) is 4.90 Å². The van der Waals surface area contributed by atoms with E-state index in [-0.39, 0.29) is 30.5 Å². The van der Waals surface area contributed by atoms with E-state index in [0.717, 1.165) is 25.8 Å². The molecule has 0 saturated carbocycles. The highest BCUT2D eigenvalue weighted by molar-refractivity contribution is 5.68. The molecule has 2 fully saturated rings. The Bertz CT molecular complexity index is 507. The normalized spacial score (nSPS) is 29.0. The molecular weight excluding hydrogens is 361 g/mol. The van der Waals surface area contributed by atoms with Gasteiger partial charge in [-0.25, -0.2) is 4.79 Å². The molecule has 158 valence electrons. The molecule has 1 N–H and O–H groups in total. The fourth-order valence-electron chi connectivity index (χ4n) is 4.24. The number of nitrogens with zero attached hydrogens (tertiary/aromatic N) is 2. The Morgan fingerprint density at radius 1 is 1.22 bits per heavy atom. The lowest BCUT2D eigenvalue weighted by atomic mass is 9.91. The molecule has 1 amide bonds. The van der Waals surface area contributed by atoms with Crippen LogP contribution in [0.15, 0.2) is 0 Å². The van der Waals surface area contributed by atoms with Crippen molar-refractivity contribution in [2.75, 3.05) is 19.6 Å². The van der Waals surface area contributed by atoms with Crippen molar-refractivity contribution in [1.29, 1.82) is 0 Å². The maximum Gasteiger partial charge on any atom is 0.414 e. The van der Waals surface area contributed by atoms with Gasteiger partial charge in [-0.15, -0.1) is 0 Å². The van der Waals surface area contributed by atoms with Gasteiger partial charge in [0, 0.05) is 25.2 Å². The minimum Gasteiger partial charge on any atom is -0.444 e. The second-order valence-corrected chi connectivity index (χ2v) is 8.93. The highest BCUT2D eigenvalue weighted by atomic mass is 19.4. The Kier molecular flexibility index (Phi) is 7.06. The molecular formula is C19H33F3N2O3. The van der Waals surface area contributed by atoms with Crippen LogP contribution in [0.4, 0.5) is 18.0 Å². The van der Waals surface area contributed by atoms with Gasteiger partial charge in [0.15, 0.2) is 0 Å². The van der Waals surface area contributed by atoms with Crippen LogP contribution >= 0.6 is 0 Å². The van der Waals surface area contributed by atoms with Crippen molar-refractivity contribution in [2.45, 2.75) is 89.8 Å². The lowest BCUT2D eigenvalue weighted by Gasteiger charge is -2.43. The summed E-state index contributed by atoms with van der Waals surface area (Å²) in [6, 6.07) is 0.321. The molecule has 2 saturated heterocycles. The smallest absolute Gasteiger partial charge is 0.414 e. The summed E-state index contributed by atoms with van der Waals surface area (Å²) >= 11 is 0. The molecule has 2 heterocycles. The van der Waals surface area contributed by atoms with Crippen LogP contribution in [-0.2, 0) is 4.74 Å². The molecule has 0 spiro atoms. The zero-order valence-corrected chi connectivity index (χ0v) is 16.8. The average Bonchev–Trinajstić information content (AvgIpc) is 2.98. The van der Waals surface area contributed by atoms with Crippen molar-refractivity contribution in [2.24, 2.45) is 5.92 Å². The molecule has 2 aliphatic rings. The molecule has 2 rings (SSSR count). The van der Waals surface area contributed by atoms with Crippen LogP contribution in [0.2, 0.25) is 0 Å². The zero-order chi connectivity index (χ0) is 20.4. The van der Waals surface area contributed by atoms with Crippen molar-refractivity contribution in [3.63, 3.8) is 0 Å². The fraction of sp³-hybridized carbons (Fsp3) is 0.947.